The Morgan fingerprint density at radius 1 is 0.895 bits per heavy atom. The molecule has 0 spiro atoms. The third kappa shape index (κ3) is 10.4. The van der Waals surface area contributed by atoms with Crippen molar-refractivity contribution >= 4 is 13.9 Å². The fourth-order valence-electron chi connectivity index (χ4n) is 3.92. The van der Waals surface area contributed by atoms with Crippen molar-refractivity contribution in [1.82, 2.24) is 5.32 Å². The number of ether oxygens (including phenoxy) is 2. The molecule has 1 saturated heterocycles. The fourth-order valence-corrected chi connectivity index (χ4v) is 5.58. The summed E-state index contributed by atoms with van der Waals surface area (Å²) in [6.45, 7) is 11.3. The molecule has 38 heavy (non-hydrogen) atoms. The van der Waals surface area contributed by atoms with E-state index in [0.717, 1.165) is 24.2 Å². The first-order valence-electron chi connectivity index (χ1n) is 13.1. The van der Waals surface area contributed by atoms with Crippen molar-refractivity contribution in [2.75, 3.05) is 19.8 Å². The van der Waals surface area contributed by atoms with Gasteiger partial charge in [0, 0.05) is 0 Å². The van der Waals surface area contributed by atoms with E-state index in [2.05, 4.69) is 17.4 Å². The zero-order valence-electron chi connectivity index (χ0n) is 23.5. The number of rotatable bonds is 10. The monoisotopic (exact) mass is 547 g/mol. The summed E-state index contributed by atoms with van der Waals surface area (Å²) in [6, 6.07) is 18.3. The number of amides is 1. The molecule has 3 rings (SSSR count). The van der Waals surface area contributed by atoms with E-state index >= 15 is 0 Å². The topological polar surface area (TPSA) is 92.3 Å². The summed E-state index contributed by atoms with van der Waals surface area (Å²) in [5.74, 6) is 0.813. The lowest BCUT2D eigenvalue weighted by Gasteiger charge is -2.41. The second-order valence-electron chi connectivity index (χ2n) is 11.7. The van der Waals surface area contributed by atoms with Crippen molar-refractivity contribution < 1.29 is 32.4 Å². The van der Waals surface area contributed by atoms with Crippen LogP contribution in [0.4, 0.5) is 4.79 Å². The minimum Gasteiger partial charge on any atom is -0.494 e. The molecule has 1 fully saturated rings. The lowest BCUT2D eigenvalue weighted by atomic mass is 9.93. The van der Waals surface area contributed by atoms with Crippen LogP contribution >= 0.6 is 7.82 Å². The van der Waals surface area contributed by atoms with Crippen molar-refractivity contribution in [1.29, 1.82) is 0 Å². The third-order valence-electron chi connectivity index (χ3n) is 5.69. The van der Waals surface area contributed by atoms with Crippen molar-refractivity contribution in [2.45, 2.75) is 84.0 Å². The molecule has 2 aromatic carbocycles. The molecule has 1 aliphatic rings. The molecule has 1 aliphatic heterocycles. The molecule has 1 amide bonds. The Bertz CT molecular complexity index is 1060. The van der Waals surface area contributed by atoms with Gasteiger partial charge in [0.25, 0.3) is 0 Å². The van der Waals surface area contributed by atoms with Crippen molar-refractivity contribution in [3.63, 3.8) is 0 Å². The van der Waals surface area contributed by atoms with Gasteiger partial charge in [-0.3, -0.25) is 13.6 Å². The van der Waals surface area contributed by atoms with Crippen LogP contribution in [0.3, 0.4) is 0 Å². The number of hydrogen-bond donors (Lipinski definition) is 1. The Morgan fingerprint density at radius 2 is 1.50 bits per heavy atom. The van der Waals surface area contributed by atoms with E-state index < -0.39 is 30.7 Å². The van der Waals surface area contributed by atoms with Gasteiger partial charge in [-0.05, 0) is 90.5 Å². The normalized spacial score (nSPS) is 22.1. The molecule has 210 valence electrons. The van der Waals surface area contributed by atoms with Gasteiger partial charge in [-0.15, -0.1) is 0 Å². The molecule has 0 atom stereocenters. The highest BCUT2D eigenvalue weighted by Gasteiger charge is 2.46. The van der Waals surface area contributed by atoms with Crippen LogP contribution < -0.4 is 10.1 Å². The van der Waals surface area contributed by atoms with Crippen LogP contribution in [0.5, 0.6) is 5.75 Å². The number of aryl methyl sites for hydroxylation is 2. The van der Waals surface area contributed by atoms with Gasteiger partial charge < -0.3 is 14.8 Å². The quantitative estimate of drug-likeness (QED) is 0.256. The standard InChI is InChI=1S/C29H42NO7P/c1-27(2,3)36-26(31)30-29(21-34-38(32,35-22-29)37-28(4,5)6)19-18-24-14-16-25(17-15-24)33-20-10-13-23-11-8-7-9-12-23/h7-9,11-12,14-17H,10,13,18-22H2,1-6H3,(H,30,31). The largest absolute Gasteiger partial charge is 0.494 e. The van der Waals surface area contributed by atoms with Crippen LogP contribution in [0.1, 0.15) is 65.5 Å². The molecule has 8 nitrogen and oxygen atoms in total. The van der Waals surface area contributed by atoms with Gasteiger partial charge in [-0.25, -0.2) is 9.36 Å². The summed E-state index contributed by atoms with van der Waals surface area (Å²) < 4.78 is 41.0. The summed E-state index contributed by atoms with van der Waals surface area (Å²) >= 11 is 0. The van der Waals surface area contributed by atoms with Gasteiger partial charge in [0.05, 0.1) is 31.0 Å². The number of benzene rings is 2. The van der Waals surface area contributed by atoms with E-state index in [0.29, 0.717) is 19.4 Å². The van der Waals surface area contributed by atoms with Crippen LogP contribution in [0.2, 0.25) is 0 Å². The fraction of sp³-hybridized carbons (Fsp3) is 0.552. The lowest BCUT2D eigenvalue weighted by Crippen LogP contribution is -2.58. The number of alkyl carbamates (subject to hydrolysis) is 1. The molecule has 0 unspecified atom stereocenters. The van der Waals surface area contributed by atoms with Crippen LogP contribution in [-0.2, 0) is 35.7 Å². The highest BCUT2D eigenvalue weighted by molar-refractivity contribution is 7.48. The van der Waals surface area contributed by atoms with E-state index in [1.165, 1.54) is 5.56 Å². The van der Waals surface area contributed by atoms with Gasteiger partial charge in [0.1, 0.15) is 11.4 Å². The van der Waals surface area contributed by atoms with Gasteiger partial charge >= 0.3 is 13.9 Å². The zero-order valence-corrected chi connectivity index (χ0v) is 24.3. The SMILES string of the molecule is CC(C)(C)OC(=O)NC1(CCc2ccc(OCCCc3ccccc3)cc2)COP(=O)(OC(C)(C)C)OC1. The average molecular weight is 548 g/mol. The smallest absolute Gasteiger partial charge is 0.475 e. The van der Waals surface area contributed by atoms with Crippen molar-refractivity contribution in [3.05, 3.63) is 65.7 Å². The second kappa shape index (κ2) is 12.6. The number of hydrogen-bond acceptors (Lipinski definition) is 7. The Labute approximate surface area is 227 Å². The van der Waals surface area contributed by atoms with E-state index in [4.69, 9.17) is 23.0 Å². The first-order valence-corrected chi connectivity index (χ1v) is 14.6. The molecule has 2 aromatic rings. The van der Waals surface area contributed by atoms with Gasteiger partial charge in [0.2, 0.25) is 0 Å². The van der Waals surface area contributed by atoms with E-state index in [1.54, 1.807) is 41.5 Å². The molecule has 0 aromatic heterocycles. The molecule has 0 bridgehead atoms. The highest BCUT2D eigenvalue weighted by atomic mass is 31.2. The molecule has 0 radical (unpaired) electrons. The van der Waals surface area contributed by atoms with Crippen LogP contribution in [-0.4, -0.2) is 42.7 Å². The maximum absolute atomic E-state index is 12.9. The number of phosphoric acid groups is 1. The summed E-state index contributed by atoms with van der Waals surface area (Å²) in [6.07, 6.45) is 2.44. The predicted octanol–water partition coefficient (Wildman–Crippen LogP) is 6.86. The molecular weight excluding hydrogens is 505 g/mol. The van der Waals surface area contributed by atoms with E-state index in [9.17, 15) is 9.36 Å². The summed E-state index contributed by atoms with van der Waals surface area (Å²) in [4.78, 5) is 12.6. The highest BCUT2D eigenvalue weighted by Crippen LogP contribution is 2.56. The Morgan fingerprint density at radius 3 is 2.08 bits per heavy atom. The first kappa shape index (κ1) is 30.2. The molecule has 0 aliphatic carbocycles. The summed E-state index contributed by atoms with van der Waals surface area (Å²) in [5.41, 5.74) is 0.0661. The van der Waals surface area contributed by atoms with Crippen molar-refractivity contribution in [2.24, 2.45) is 0 Å². The Balaban J connectivity index is 1.57. The van der Waals surface area contributed by atoms with E-state index in [1.807, 2.05) is 42.5 Å². The van der Waals surface area contributed by atoms with Gasteiger partial charge in [0.15, 0.2) is 0 Å². The average Bonchev–Trinajstić information content (AvgIpc) is 2.82. The van der Waals surface area contributed by atoms with Crippen molar-refractivity contribution in [3.8, 4) is 5.75 Å². The molecular formula is C29H42NO7P. The Hall–Kier alpha value is -2.38. The number of carbonyl (C=O) groups excluding carboxylic acids is 1. The predicted molar refractivity (Wildman–Crippen MR) is 147 cm³/mol. The summed E-state index contributed by atoms with van der Waals surface area (Å²) in [5, 5.41) is 2.91. The maximum Gasteiger partial charge on any atom is 0.475 e. The van der Waals surface area contributed by atoms with Crippen LogP contribution in [0.15, 0.2) is 54.6 Å². The Kier molecular flexibility index (Phi) is 10.0. The molecule has 0 saturated carbocycles. The molecule has 1 heterocycles. The second-order valence-corrected chi connectivity index (χ2v) is 13.3. The van der Waals surface area contributed by atoms with Gasteiger partial charge in [-0.1, -0.05) is 42.5 Å². The van der Waals surface area contributed by atoms with Gasteiger partial charge in [-0.2, -0.15) is 0 Å². The van der Waals surface area contributed by atoms with E-state index in [-0.39, 0.29) is 13.2 Å². The first-order chi connectivity index (χ1) is 17.8. The molecule has 1 N–H and O–H groups in total. The minimum absolute atomic E-state index is 0.0256. The van der Waals surface area contributed by atoms with Crippen LogP contribution in [0.25, 0.3) is 0 Å². The third-order valence-corrected chi connectivity index (χ3v) is 7.35. The van der Waals surface area contributed by atoms with Crippen LogP contribution in [0, 0.1) is 0 Å². The number of nitrogens with one attached hydrogen (secondary N) is 1. The zero-order chi connectivity index (χ0) is 27.9. The maximum atomic E-state index is 12.9. The number of phosphoric ester groups is 1. The number of carbonyl (C=O) groups is 1. The minimum atomic E-state index is -3.74. The molecule has 9 heteroatoms. The lowest BCUT2D eigenvalue weighted by molar-refractivity contribution is -0.0275. The summed E-state index contributed by atoms with van der Waals surface area (Å²) in [7, 11) is -3.74.